The van der Waals surface area contributed by atoms with E-state index in [2.05, 4.69) is 0 Å². The predicted molar refractivity (Wildman–Crippen MR) is 114 cm³/mol. The number of para-hydroxylation sites is 2. The first kappa shape index (κ1) is 19.9. The smallest absolute Gasteiger partial charge is 0.144 e. The number of imidazole rings is 1. The molecule has 0 amide bonds. The lowest BCUT2D eigenvalue weighted by Crippen LogP contribution is -2.24. The van der Waals surface area contributed by atoms with Crippen LogP contribution in [-0.2, 0) is 17.8 Å². The van der Waals surface area contributed by atoms with Crippen molar-refractivity contribution in [2.45, 2.75) is 32.4 Å². The minimum atomic E-state index is -0.717. The zero-order chi connectivity index (χ0) is 20.9. The molecule has 6 heteroatoms. The standard InChI is InChI=1S/C24H24N2O4/c1-17(27)6-7-18-8-10-21(11-9-18)30-16-20(28)14-26-23-5-3-2-4-22(23)25-24(26)19-12-13-29-15-19/h2-5,8-13,15,20,28H,6-7,14,16H2,1H3/t20-/m0/s1. The summed E-state index contributed by atoms with van der Waals surface area (Å²) < 4.78 is 13.0. The third-order valence-electron chi connectivity index (χ3n) is 4.96. The molecule has 0 saturated heterocycles. The number of rotatable bonds is 9. The van der Waals surface area contributed by atoms with E-state index in [0.29, 0.717) is 18.7 Å². The first-order chi connectivity index (χ1) is 14.6. The zero-order valence-electron chi connectivity index (χ0n) is 16.8. The van der Waals surface area contributed by atoms with Gasteiger partial charge in [0.2, 0.25) is 0 Å². The van der Waals surface area contributed by atoms with E-state index in [4.69, 9.17) is 14.1 Å². The molecule has 0 aliphatic rings. The Bertz CT molecular complexity index is 1110. The Morgan fingerprint density at radius 3 is 2.70 bits per heavy atom. The van der Waals surface area contributed by atoms with Crippen molar-refractivity contribution < 1.29 is 19.1 Å². The quantitative estimate of drug-likeness (QED) is 0.451. The van der Waals surface area contributed by atoms with E-state index >= 15 is 0 Å². The van der Waals surface area contributed by atoms with Crippen LogP contribution in [0, 0.1) is 0 Å². The van der Waals surface area contributed by atoms with Gasteiger partial charge in [-0.25, -0.2) is 4.98 Å². The highest BCUT2D eigenvalue weighted by Gasteiger charge is 2.16. The van der Waals surface area contributed by atoms with Crippen molar-refractivity contribution in [3.8, 4) is 17.1 Å². The summed E-state index contributed by atoms with van der Waals surface area (Å²) in [5.74, 6) is 1.62. The molecule has 0 aliphatic carbocycles. The Morgan fingerprint density at radius 1 is 1.17 bits per heavy atom. The van der Waals surface area contributed by atoms with Gasteiger partial charge >= 0.3 is 0 Å². The number of nitrogens with zero attached hydrogens (tertiary/aromatic N) is 2. The number of carbonyl (C=O) groups excluding carboxylic acids is 1. The van der Waals surface area contributed by atoms with Crippen LogP contribution in [0.1, 0.15) is 18.9 Å². The molecule has 4 aromatic rings. The van der Waals surface area contributed by atoms with Crippen LogP contribution in [0.25, 0.3) is 22.4 Å². The van der Waals surface area contributed by atoms with Gasteiger partial charge in [-0.3, -0.25) is 0 Å². The third kappa shape index (κ3) is 4.60. The molecule has 0 unspecified atom stereocenters. The maximum Gasteiger partial charge on any atom is 0.144 e. The van der Waals surface area contributed by atoms with Crippen LogP contribution < -0.4 is 4.74 Å². The second kappa shape index (κ2) is 8.97. The number of Topliss-reactive ketones (excluding diaryl/α,β-unsaturated/α-hetero) is 1. The molecule has 0 bridgehead atoms. The van der Waals surface area contributed by atoms with Gasteiger partial charge in [0.1, 0.15) is 36.3 Å². The summed E-state index contributed by atoms with van der Waals surface area (Å²) in [5.41, 5.74) is 3.76. The maximum absolute atomic E-state index is 11.1. The highest BCUT2D eigenvalue weighted by atomic mass is 16.5. The van der Waals surface area contributed by atoms with Crippen molar-refractivity contribution in [1.29, 1.82) is 0 Å². The summed E-state index contributed by atoms with van der Waals surface area (Å²) in [6.07, 6.45) is 3.80. The number of ketones is 1. The average Bonchev–Trinajstić information content (AvgIpc) is 3.40. The maximum atomic E-state index is 11.1. The van der Waals surface area contributed by atoms with E-state index in [1.165, 1.54) is 0 Å². The van der Waals surface area contributed by atoms with Gasteiger partial charge < -0.3 is 23.6 Å². The van der Waals surface area contributed by atoms with Gasteiger partial charge in [-0.05, 0) is 49.2 Å². The van der Waals surface area contributed by atoms with Gasteiger partial charge in [0.05, 0.1) is 29.4 Å². The van der Waals surface area contributed by atoms with Crippen LogP contribution in [0.2, 0.25) is 0 Å². The molecule has 2 aromatic carbocycles. The Hall–Kier alpha value is -3.38. The molecule has 0 saturated carbocycles. The topological polar surface area (TPSA) is 77.5 Å². The number of hydrogen-bond acceptors (Lipinski definition) is 5. The van der Waals surface area contributed by atoms with Crippen molar-refractivity contribution in [3.63, 3.8) is 0 Å². The lowest BCUT2D eigenvalue weighted by atomic mass is 10.1. The number of hydrogen-bond donors (Lipinski definition) is 1. The summed E-state index contributed by atoms with van der Waals surface area (Å²) in [6.45, 7) is 2.10. The molecule has 1 atom stereocenters. The normalized spacial score (nSPS) is 12.2. The third-order valence-corrected chi connectivity index (χ3v) is 4.96. The first-order valence-corrected chi connectivity index (χ1v) is 9.97. The average molecular weight is 404 g/mol. The largest absolute Gasteiger partial charge is 0.491 e. The Morgan fingerprint density at radius 2 is 1.97 bits per heavy atom. The van der Waals surface area contributed by atoms with E-state index in [1.54, 1.807) is 19.5 Å². The summed E-state index contributed by atoms with van der Waals surface area (Å²) in [4.78, 5) is 15.8. The molecular weight excluding hydrogens is 380 g/mol. The lowest BCUT2D eigenvalue weighted by molar-refractivity contribution is -0.116. The van der Waals surface area contributed by atoms with E-state index in [1.807, 2.05) is 59.2 Å². The van der Waals surface area contributed by atoms with E-state index in [9.17, 15) is 9.90 Å². The first-order valence-electron chi connectivity index (χ1n) is 9.97. The molecule has 6 nitrogen and oxygen atoms in total. The fraction of sp³-hybridized carbons (Fsp3) is 0.250. The highest BCUT2D eigenvalue weighted by molar-refractivity contribution is 5.80. The van der Waals surface area contributed by atoms with Crippen LogP contribution in [-0.4, -0.2) is 33.2 Å². The van der Waals surface area contributed by atoms with E-state index < -0.39 is 6.10 Å². The summed E-state index contributed by atoms with van der Waals surface area (Å²) in [6, 6.07) is 17.3. The molecule has 30 heavy (non-hydrogen) atoms. The van der Waals surface area contributed by atoms with Crippen LogP contribution >= 0.6 is 0 Å². The number of aliphatic hydroxyl groups is 1. The second-order valence-electron chi connectivity index (χ2n) is 7.36. The Labute approximate surface area is 174 Å². The van der Waals surface area contributed by atoms with Gasteiger partial charge in [-0.1, -0.05) is 24.3 Å². The Balaban J connectivity index is 1.43. The highest BCUT2D eigenvalue weighted by Crippen LogP contribution is 2.25. The van der Waals surface area contributed by atoms with Crippen molar-refractivity contribution in [1.82, 2.24) is 9.55 Å². The van der Waals surface area contributed by atoms with Crippen LogP contribution in [0.4, 0.5) is 0 Å². The van der Waals surface area contributed by atoms with Gasteiger partial charge in [0.15, 0.2) is 0 Å². The molecule has 1 N–H and O–H groups in total. The number of fused-ring (bicyclic) bond motifs is 1. The molecule has 0 aliphatic heterocycles. The molecule has 0 fully saturated rings. The van der Waals surface area contributed by atoms with Crippen molar-refractivity contribution in [3.05, 3.63) is 72.7 Å². The Kier molecular flexibility index (Phi) is 5.95. The number of furan rings is 1. The van der Waals surface area contributed by atoms with Crippen LogP contribution in [0.15, 0.2) is 71.5 Å². The minimum absolute atomic E-state index is 0.157. The predicted octanol–water partition coefficient (Wildman–Crippen LogP) is 4.26. The molecule has 2 aromatic heterocycles. The molecule has 154 valence electrons. The number of aliphatic hydroxyl groups excluding tert-OH is 1. The number of aryl methyl sites for hydroxylation is 1. The molecule has 0 spiro atoms. The monoisotopic (exact) mass is 404 g/mol. The second-order valence-corrected chi connectivity index (χ2v) is 7.36. The lowest BCUT2D eigenvalue weighted by Gasteiger charge is -2.15. The van der Waals surface area contributed by atoms with E-state index in [-0.39, 0.29) is 12.4 Å². The number of benzene rings is 2. The van der Waals surface area contributed by atoms with Gasteiger partial charge in [0, 0.05) is 6.42 Å². The SMILES string of the molecule is CC(=O)CCc1ccc(OC[C@@H](O)Cn2c(-c3ccoc3)nc3ccccc32)cc1. The van der Waals surface area contributed by atoms with Gasteiger partial charge in [-0.2, -0.15) is 0 Å². The van der Waals surface area contributed by atoms with Crippen molar-refractivity contribution >= 4 is 16.8 Å². The fourth-order valence-corrected chi connectivity index (χ4v) is 3.40. The summed E-state index contributed by atoms with van der Waals surface area (Å²) >= 11 is 0. The van der Waals surface area contributed by atoms with Gasteiger partial charge in [0.25, 0.3) is 0 Å². The molecule has 2 heterocycles. The van der Waals surface area contributed by atoms with Gasteiger partial charge in [-0.15, -0.1) is 0 Å². The van der Waals surface area contributed by atoms with Crippen molar-refractivity contribution in [2.75, 3.05) is 6.61 Å². The molecule has 4 rings (SSSR count). The van der Waals surface area contributed by atoms with Crippen LogP contribution in [0.5, 0.6) is 5.75 Å². The van der Waals surface area contributed by atoms with Crippen LogP contribution in [0.3, 0.4) is 0 Å². The number of aromatic nitrogens is 2. The minimum Gasteiger partial charge on any atom is -0.491 e. The number of ether oxygens (including phenoxy) is 1. The molecule has 0 radical (unpaired) electrons. The fourth-order valence-electron chi connectivity index (χ4n) is 3.40. The number of carbonyl (C=O) groups is 1. The zero-order valence-corrected chi connectivity index (χ0v) is 16.8. The summed E-state index contributed by atoms with van der Waals surface area (Å²) in [5, 5.41) is 10.6. The summed E-state index contributed by atoms with van der Waals surface area (Å²) in [7, 11) is 0. The van der Waals surface area contributed by atoms with E-state index in [0.717, 1.165) is 34.4 Å². The van der Waals surface area contributed by atoms with Crippen molar-refractivity contribution in [2.24, 2.45) is 0 Å². The molecular formula is C24H24N2O4.